The molecule has 1 unspecified atom stereocenters. The van der Waals surface area contributed by atoms with Gasteiger partial charge in [-0.2, -0.15) is 0 Å². The largest absolute Gasteiger partial charge is 0.308 e. The molecule has 1 aromatic heterocycles. The van der Waals surface area contributed by atoms with Gasteiger partial charge in [0, 0.05) is 24.5 Å². The van der Waals surface area contributed by atoms with E-state index in [1.54, 1.807) is 13.1 Å². The highest BCUT2D eigenvalue weighted by atomic mass is 32.2. The van der Waals surface area contributed by atoms with Gasteiger partial charge in [-0.25, -0.2) is 8.42 Å². The quantitative estimate of drug-likeness (QED) is 0.817. The number of nitrogens with zero attached hydrogens (tertiary/aromatic N) is 1. The van der Waals surface area contributed by atoms with Crippen LogP contribution in [-0.4, -0.2) is 30.9 Å². The van der Waals surface area contributed by atoms with Gasteiger partial charge in [0.2, 0.25) is 0 Å². The van der Waals surface area contributed by atoms with Crippen LogP contribution in [-0.2, 0) is 22.8 Å². The lowest BCUT2D eigenvalue weighted by molar-refractivity contribution is 0.552. The molecule has 0 amide bonds. The Hall–Kier alpha value is -0.940. The zero-order valence-corrected chi connectivity index (χ0v) is 12.1. The van der Waals surface area contributed by atoms with Gasteiger partial charge in [0.25, 0.3) is 0 Å². The first-order valence-electron chi connectivity index (χ1n) is 6.35. The molecule has 0 spiro atoms. The summed E-state index contributed by atoms with van der Waals surface area (Å²) in [6.45, 7) is 6.27. The Morgan fingerprint density at radius 2 is 2.11 bits per heavy atom. The van der Waals surface area contributed by atoms with Gasteiger partial charge < -0.3 is 5.32 Å². The van der Waals surface area contributed by atoms with Gasteiger partial charge in [-0.15, -0.1) is 0 Å². The van der Waals surface area contributed by atoms with Crippen molar-refractivity contribution in [2.24, 2.45) is 0 Å². The zero-order valence-electron chi connectivity index (χ0n) is 11.3. The minimum atomic E-state index is -2.92. The highest BCUT2D eigenvalue weighted by molar-refractivity contribution is 7.91. The van der Waals surface area contributed by atoms with E-state index >= 15 is 0 Å². The smallest absolute Gasteiger partial charge is 0.151 e. The van der Waals surface area contributed by atoms with Crippen molar-refractivity contribution in [3.05, 3.63) is 29.6 Å². The van der Waals surface area contributed by atoms with Crippen LogP contribution >= 0.6 is 0 Å². The first-order valence-corrected chi connectivity index (χ1v) is 8.17. The Balaban J connectivity index is 2.55. The molecule has 102 valence electrons. The van der Waals surface area contributed by atoms with Crippen molar-refractivity contribution in [3.63, 3.8) is 0 Å². The summed E-state index contributed by atoms with van der Waals surface area (Å²) >= 11 is 0. The Kier molecular flexibility index (Phi) is 5.75. The fourth-order valence-corrected chi connectivity index (χ4v) is 2.90. The number of pyridine rings is 1. The Morgan fingerprint density at radius 1 is 1.39 bits per heavy atom. The predicted molar refractivity (Wildman–Crippen MR) is 74.2 cm³/mol. The summed E-state index contributed by atoms with van der Waals surface area (Å²) in [5.74, 6) is 0.376. The summed E-state index contributed by atoms with van der Waals surface area (Å²) in [5, 5.41) is 3.22. The highest BCUT2D eigenvalue weighted by Gasteiger charge is 2.13. The summed E-state index contributed by atoms with van der Waals surface area (Å²) in [5.41, 5.74) is 2.20. The minimum Gasteiger partial charge on any atom is -0.308 e. The molecular formula is C13H22N2O2S. The number of aromatic nitrogens is 1. The van der Waals surface area contributed by atoms with Crippen molar-refractivity contribution in [1.82, 2.24) is 10.3 Å². The number of hydrogen-bond acceptors (Lipinski definition) is 4. The van der Waals surface area contributed by atoms with Gasteiger partial charge in [0.15, 0.2) is 9.84 Å². The molecule has 0 aliphatic rings. The monoisotopic (exact) mass is 270 g/mol. The van der Waals surface area contributed by atoms with E-state index in [1.807, 2.05) is 13.0 Å². The van der Waals surface area contributed by atoms with E-state index in [9.17, 15) is 8.42 Å². The van der Waals surface area contributed by atoms with Crippen LogP contribution in [0.5, 0.6) is 0 Å². The Morgan fingerprint density at radius 3 is 2.72 bits per heavy atom. The van der Waals surface area contributed by atoms with Crippen LogP contribution in [0, 0.1) is 0 Å². The standard InChI is InChI=1S/C13H22N2O2S/c1-4-12-7-6-8-14-13(12)9-15-11(3)10-18(16,17)5-2/h6-8,11,15H,4-5,9-10H2,1-3H3. The average Bonchev–Trinajstić information content (AvgIpc) is 2.36. The van der Waals surface area contributed by atoms with E-state index in [0.29, 0.717) is 6.54 Å². The fourth-order valence-electron chi connectivity index (χ4n) is 1.78. The molecule has 1 heterocycles. The van der Waals surface area contributed by atoms with Crippen LogP contribution in [0.15, 0.2) is 18.3 Å². The van der Waals surface area contributed by atoms with E-state index in [1.165, 1.54) is 5.56 Å². The summed E-state index contributed by atoms with van der Waals surface area (Å²) in [4.78, 5) is 4.33. The van der Waals surface area contributed by atoms with Crippen LogP contribution in [0.1, 0.15) is 32.0 Å². The third-order valence-electron chi connectivity index (χ3n) is 2.93. The molecule has 0 saturated carbocycles. The molecule has 0 aromatic carbocycles. The molecule has 4 nitrogen and oxygen atoms in total. The van der Waals surface area contributed by atoms with Gasteiger partial charge >= 0.3 is 0 Å². The normalized spacial score (nSPS) is 13.5. The second kappa shape index (κ2) is 6.85. The molecule has 0 radical (unpaired) electrons. The first kappa shape index (κ1) is 15.1. The van der Waals surface area contributed by atoms with E-state index in [4.69, 9.17) is 0 Å². The molecule has 0 bridgehead atoms. The SMILES string of the molecule is CCc1cccnc1CNC(C)CS(=O)(=O)CC. The fraction of sp³-hybridized carbons (Fsp3) is 0.615. The number of sulfone groups is 1. The molecule has 0 aliphatic heterocycles. The number of nitrogens with one attached hydrogen (secondary N) is 1. The maximum absolute atomic E-state index is 11.5. The van der Waals surface area contributed by atoms with Crippen molar-refractivity contribution < 1.29 is 8.42 Å². The summed E-state index contributed by atoms with van der Waals surface area (Å²) in [6.07, 6.45) is 2.70. The molecule has 1 aromatic rings. The van der Waals surface area contributed by atoms with Crippen LogP contribution in [0.3, 0.4) is 0 Å². The molecule has 5 heteroatoms. The van der Waals surface area contributed by atoms with E-state index in [0.717, 1.165) is 12.1 Å². The van der Waals surface area contributed by atoms with Crippen molar-refractivity contribution in [3.8, 4) is 0 Å². The average molecular weight is 270 g/mol. The third kappa shape index (κ3) is 4.74. The lowest BCUT2D eigenvalue weighted by Gasteiger charge is -2.14. The maximum Gasteiger partial charge on any atom is 0.151 e. The summed E-state index contributed by atoms with van der Waals surface area (Å²) < 4.78 is 23.0. The third-order valence-corrected chi connectivity index (χ3v) is 4.81. The van der Waals surface area contributed by atoms with Crippen molar-refractivity contribution in [1.29, 1.82) is 0 Å². The lowest BCUT2D eigenvalue weighted by atomic mass is 10.1. The molecule has 0 aliphatic carbocycles. The molecular weight excluding hydrogens is 248 g/mol. The molecule has 0 saturated heterocycles. The number of rotatable bonds is 7. The van der Waals surface area contributed by atoms with E-state index < -0.39 is 9.84 Å². The second-order valence-electron chi connectivity index (χ2n) is 4.44. The molecule has 1 N–H and O–H groups in total. The summed E-state index contributed by atoms with van der Waals surface area (Å²) in [6, 6.07) is 3.92. The van der Waals surface area contributed by atoms with Gasteiger partial charge in [-0.1, -0.05) is 19.9 Å². The van der Waals surface area contributed by atoms with Crippen molar-refractivity contribution in [2.45, 2.75) is 39.8 Å². The van der Waals surface area contributed by atoms with E-state index in [-0.39, 0.29) is 17.5 Å². The molecule has 18 heavy (non-hydrogen) atoms. The minimum absolute atomic E-state index is 0.0540. The predicted octanol–water partition coefficient (Wildman–Crippen LogP) is 1.56. The van der Waals surface area contributed by atoms with Crippen LogP contribution in [0.25, 0.3) is 0 Å². The molecule has 0 fully saturated rings. The Bertz CT molecular complexity index is 472. The van der Waals surface area contributed by atoms with Gasteiger partial charge in [-0.05, 0) is 25.0 Å². The van der Waals surface area contributed by atoms with Crippen LogP contribution < -0.4 is 5.32 Å². The zero-order chi connectivity index (χ0) is 13.6. The van der Waals surface area contributed by atoms with Gasteiger partial charge in [-0.3, -0.25) is 4.98 Å². The lowest BCUT2D eigenvalue weighted by Crippen LogP contribution is -2.33. The van der Waals surface area contributed by atoms with Gasteiger partial charge in [0.1, 0.15) is 0 Å². The van der Waals surface area contributed by atoms with Crippen molar-refractivity contribution >= 4 is 9.84 Å². The number of aryl methyl sites for hydroxylation is 1. The van der Waals surface area contributed by atoms with E-state index in [2.05, 4.69) is 23.3 Å². The summed E-state index contributed by atoms with van der Waals surface area (Å²) in [7, 11) is -2.92. The topological polar surface area (TPSA) is 59.1 Å². The van der Waals surface area contributed by atoms with Crippen LogP contribution in [0.2, 0.25) is 0 Å². The highest BCUT2D eigenvalue weighted by Crippen LogP contribution is 2.06. The van der Waals surface area contributed by atoms with Gasteiger partial charge in [0.05, 0.1) is 11.4 Å². The first-order chi connectivity index (χ1) is 8.48. The number of hydrogen-bond donors (Lipinski definition) is 1. The molecule has 1 atom stereocenters. The Labute approximate surface area is 110 Å². The second-order valence-corrected chi connectivity index (χ2v) is 6.84. The van der Waals surface area contributed by atoms with Crippen molar-refractivity contribution in [2.75, 3.05) is 11.5 Å². The maximum atomic E-state index is 11.5. The molecule has 1 rings (SSSR count). The van der Waals surface area contributed by atoms with Crippen LogP contribution in [0.4, 0.5) is 0 Å².